The van der Waals surface area contributed by atoms with Crippen LogP contribution in [0.15, 0.2) is 127 Å². The Morgan fingerprint density at radius 1 is 0.725 bits per heavy atom. The Morgan fingerprint density at radius 3 is 2.05 bits per heavy atom. The van der Waals surface area contributed by atoms with Crippen molar-refractivity contribution in [3.8, 4) is 11.3 Å². The fourth-order valence-electron chi connectivity index (χ4n) is 5.70. The Morgan fingerprint density at radius 2 is 1.38 bits per heavy atom. The van der Waals surface area contributed by atoms with Crippen LogP contribution in [0.25, 0.3) is 16.8 Å². The van der Waals surface area contributed by atoms with Crippen LogP contribution >= 0.6 is 0 Å². The molecule has 0 N–H and O–H groups in total. The first-order valence-electron chi connectivity index (χ1n) is 14.0. The van der Waals surface area contributed by atoms with E-state index >= 15 is 0 Å². The highest BCUT2D eigenvalue weighted by Crippen LogP contribution is 2.45. The SMILES string of the molecule is CC(C)(C)/C(=C1\C=CC=C[C-]1c1cc(-c2ccccc2[C-](c2ccccc2)C(C)(C)C)ncn1)c1ccccc1. The Bertz CT molecular complexity index is 1540. The quantitative estimate of drug-likeness (QED) is 0.244. The maximum Gasteiger partial charge on any atom is 0.113 e. The maximum absolute atomic E-state index is 4.80. The van der Waals surface area contributed by atoms with E-state index < -0.39 is 0 Å². The molecule has 1 aliphatic carbocycles. The molecule has 2 nitrogen and oxygen atoms in total. The first kappa shape index (κ1) is 27.3. The molecule has 0 aliphatic heterocycles. The number of hydrogen-bond acceptors (Lipinski definition) is 2. The summed E-state index contributed by atoms with van der Waals surface area (Å²) < 4.78 is 0. The van der Waals surface area contributed by atoms with Gasteiger partial charge >= 0.3 is 0 Å². The summed E-state index contributed by atoms with van der Waals surface area (Å²) in [5, 5.41) is 0. The highest BCUT2D eigenvalue weighted by molar-refractivity contribution is 5.81. The van der Waals surface area contributed by atoms with Gasteiger partial charge in [0.1, 0.15) is 6.33 Å². The molecule has 5 rings (SSSR count). The standard InChI is InChI=1S/C38H38N2/c1-37(2,3)35(27-17-9-7-10-18-27)31-23-15-13-21-29(31)33-25-34(40-26-39-33)30-22-14-16-24-32(30)36(38(4,5)6)28-19-11-8-12-20-28/h7-26H,1-6H3/q-2/b35-31+. The van der Waals surface area contributed by atoms with Crippen LogP contribution in [-0.4, -0.2) is 9.97 Å². The molecule has 0 amide bonds. The monoisotopic (exact) mass is 522 g/mol. The lowest BCUT2D eigenvalue weighted by atomic mass is 9.71. The van der Waals surface area contributed by atoms with Gasteiger partial charge in [-0.25, -0.2) is 0 Å². The van der Waals surface area contributed by atoms with Crippen molar-refractivity contribution in [3.05, 3.63) is 161 Å². The topological polar surface area (TPSA) is 25.8 Å². The molecule has 3 aromatic carbocycles. The van der Waals surface area contributed by atoms with E-state index in [2.05, 4.69) is 157 Å². The second kappa shape index (κ2) is 11.1. The zero-order valence-electron chi connectivity index (χ0n) is 24.4. The van der Waals surface area contributed by atoms with Crippen LogP contribution in [0.2, 0.25) is 0 Å². The number of allylic oxidation sites excluding steroid dienone is 6. The molecular weight excluding hydrogens is 484 g/mol. The zero-order valence-corrected chi connectivity index (χ0v) is 24.4. The zero-order chi connectivity index (χ0) is 28.3. The average molecular weight is 523 g/mol. The lowest BCUT2D eigenvalue weighted by Gasteiger charge is -2.39. The van der Waals surface area contributed by atoms with E-state index in [1.54, 1.807) is 6.33 Å². The lowest BCUT2D eigenvalue weighted by Crippen LogP contribution is -2.21. The molecular formula is C38H38N2-2. The van der Waals surface area contributed by atoms with Gasteiger partial charge in [-0.3, -0.25) is 9.97 Å². The van der Waals surface area contributed by atoms with Gasteiger partial charge in [-0.05, 0) is 10.8 Å². The van der Waals surface area contributed by atoms with E-state index in [1.165, 1.54) is 33.8 Å². The molecule has 0 fully saturated rings. The maximum atomic E-state index is 4.80. The minimum absolute atomic E-state index is 0.0633. The van der Waals surface area contributed by atoms with Crippen molar-refractivity contribution >= 4 is 5.57 Å². The van der Waals surface area contributed by atoms with Crippen LogP contribution in [0.5, 0.6) is 0 Å². The predicted molar refractivity (Wildman–Crippen MR) is 168 cm³/mol. The van der Waals surface area contributed by atoms with Crippen molar-refractivity contribution in [3.63, 3.8) is 0 Å². The average Bonchev–Trinajstić information content (AvgIpc) is 2.94. The molecule has 40 heavy (non-hydrogen) atoms. The van der Waals surface area contributed by atoms with Crippen molar-refractivity contribution < 1.29 is 0 Å². The molecule has 1 aliphatic rings. The number of benzene rings is 3. The number of hydrogen-bond donors (Lipinski definition) is 0. The molecule has 0 bridgehead atoms. The summed E-state index contributed by atoms with van der Waals surface area (Å²) in [6, 6.07) is 32.2. The highest BCUT2D eigenvalue weighted by atomic mass is 14.8. The van der Waals surface area contributed by atoms with Gasteiger partial charge in [0.2, 0.25) is 0 Å². The third-order valence-electron chi connectivity index (χ3n) is 7.24. The van der Waals surface area contributed by atoms with Crippen LogP contribution in [0.3, 0.4) is 0 Å². The summed E-state index contributed by atoms with van der Waals surface area (Å²) in [6.07, 6.45) is 10.3. The fraction of sp³-hybridized carbons (Fsp3) is 0.211. The first-order chi connectivity index (χ1) is 19.1. The van der Waals surface area contributed by atoms with E-state index in [9.17, 15) is 0 Å². The van der Waals surface area contributed by atoms with Crippen LogP contribution in [0, 0.1) is 22.7 Å². The van der Waals surface area contributed by atoms with Crippen molar-refractivity contribution in [1.82, 2.24) is 9.97 Å². The predicted octanol–water partition coefficient (Wildman–Crippen LogP) is 9.71. The van der Waals surface area contributed by atoms with Crippen molar-refractivity contribution in [2.75, 3.05) is 0 Å². The van der Waals surface area contributed by atoms with Gasteiger partial charge in [-0.1, -0.05) is 137 Å². The van der Waals surface area contributed by atoms with Crippen molar-refractivity contribution in [2.45, 2.75) is 41.5 Å². The Kier molecular flexibility index (Phi) is 7.54. The molecule has 0 saturated heterocycles. The van der Waals surface area contributed by atoms with Crippen LogP contribution in [-0.2, 0) is 0 Å². The molecule has 0 saturated carbocycles. The summed E-state index contributed by atoms with van der Waals surface area (Å²) >= 11 is 0. The first-order valence-corrected chi connectivity index (χ1v) is 14.0. The molecule has 0 radical (unpaired) electrons. The van der Waals surface area contributed by atoms with Gasteiger partial charge in [0, 0.05) is 11.4 Å². The molecule has 1 heterocycles. The van der Waals surface area contributed by atoms with E-state index in [4.69, 9.17) is 9.97 Å². The smallest absolute Gasteiger partial charge is 0.113 e. The highest BCUT2D eigenvalue weighted by Gasteiger charge is 2.25. The molecule has 4 aromatic rings. The van der Waals surface area contributed by atoms with Gasteiger partial charge in [-0.2, -0.15) is 0 Å². The Labute approximate surface area is 240 Å². The summed E-state index contributed by atoms with van der Waals surface area (Å²) in [5.41, 5.74) is 8.99. The normalized spacial score (nSPS) is 14.8. The van der Waals surface area contributed by atoms with Gasteiger partial charge in [0.15, 0.2) is 0 Å². The van der Waals surface area contributed by atoms with E-state index in [0.717, 1.165) is 22.9 Å². The Hall–Kier alpha value is -4.30. The van der Waals surface area contributed by atoms with Gasteiger partial charge in [0.25, 0.3) is 0 Å². The number of aromatic nitrogens is 2. The van der Waals surface area contributed by atoms with E-state index in [-0.39, 0.29) is 10.8 Å². The summed E-state index contributed by atoms with van der Waals surface area (Å²) in [5.74, 6) is 2.41. The second-order valence-electron chi connectivity index (χ2n) is 12.4. The minimum Gasteiger partial charge on any atom is -0.253 e. The lowest BCUT2D eigenvalue weighted by molar-refractivity contribution is 0.463. The van der Waals surface area contributed by atoms with Gasteiger partial charge in [-0.15, -0.1) is 65.1 Å². The molecule has 0 unspecified atom stereocenters. The third kappa shape index (κ3) is 5.67. The fourth-order valence-corrected chi connectivity index (χ4v) is 5.70. The molecule has 0 atom stereocenters. The van der Waals surface area contributed by atoms with Gasteiger partial charge in [0.05, 0.1) is 0 Å². The van der Waals surface area contributed by atoms with Gasteiger partial charge < -0.3 is 0 Å². The third-order valence-corrected chi connectivity index (χ3v) is 7.24. The molecule has 202 valence electrons. The second-order valence-corrected chi connectivity index (χ2v) is 12.4. The minimum atomic E-state index is -0.0633. The summed E-state index contributed by atoms with van der Waals surface area (Å²) in [7, 11) is 0. The number of nitrogens with zero attached hydrogens (tertiary/aromatic N) is 2. The van der Waals surface area contributed by atoms with E-state index in [0.29, 0.717) is 0 Å². The largest absolute Gasteiger partial charge is 0.253 e. The summed E-state index contributed by atoms with van der Waals surface area (Å²) in [6.45, 7) is 13.7. The Balaban J connectivity index is 1.65. The van der Waals surface area contributed by atoms with Crippen LogP contribution in [0.1, 0.15) is 63.9 Å². The van der Waals surface area contributed by atoms with Crippen molar-refractivity contribution in [1.29, 1.82) is 0 Å². The van der Waals surface area contributed by atoms with Crippen LogP contribution < -0.4 is 0 Å². The molecule has 1 aromatic heterocycles. The molecule has 0 spiro atoms. The van der Waals surface area contributed by atoms with Crippen LogP contribution in [0.4, 0.5) is 0 Å². The summed E-state index contributed by atoms with van der Waals surface area (Å²) in [4.78, 5) is 9.61. The van der Waals surface area contributed by atoms with Crippen molar-refractivity contribution in [2.24, 2.45) is 10.8 Å². The molecule has 2 heteroatoms. The number of rotatable bonds is 5. The van der Waals surface area contributed by atoms with E-state index in [1.807, 2.05) is 0 Å².